The van der Waals surface area contributed by atoms with E-state index in [1.807, 2.05) is 10.9 Å². The maximum Gasteiger partial charge on any atom is 0.0538 e. The summed E-state index contributed by atoms with van der Waals surface area (Å²) >= 11 is 0. The molecule has 4 nitrogen and oxygen atoms in total. The van der Waals surface area contributed by atoms with Crippen molar-refractivity contribution < 1.29 is 0 Å². The third-order valence-corrected chi connectivity index (χ3v) is 3.81. The van der Waals surface area contributed by atoms with Crippen molar-refractivity contribution in [3.8, 4) is 0 Å². The van der Waals surface area contributed by atoms with Gasteiger partial charge in [-0.1, -0.05) is 58.8 Å². The predicted octanol–water partition coefficient (Wildman–Crippen LogP) is 3.94. The van der Waals surface area contributed by atoms with Crippen molar-refractivity contribution in [2.45, 2.75) is 84.2 Å². The predicted molar refractivity (Wildman–Crippen MR) is 85.2 cm³/mol. The molecule has 0 aliphatic rings. The smallest absolute Gasteiger partial charge is 0.0538 e. The molecule has 0 bridgehead atoms. The topological polar surface area (TPSA) is 55.9 Å². The molecule has 4 heteroatoms. The van der Waals surface area contributed by atoms with Gasteiger partial charge >= 0.3 is 0 Å². The molecule has 0 saturated heterocycles. The van der Waals surface area contributed by atoms with Gasteiger partial charge in [0.05, 0.1) is 6.20 Å². The summed E-state index contributed by atoms with van der Waals surface area (Å²) in [5.41, 5.74) is 4.15. The van der Waals surface area contributed by atoms with Gasteiger partial charge in [0.25, 0.3) is 0 Å². The number of nitrogens with zero attached hydrogens (tertiary/aromatic N) is 2. The minimum Gasteiger partial charge on any atom is -0.272 e. The van der Waals surface area contributed by atoms with Crippen molar-refractivity contribution in [2.75, 3.05) is 0 Å². The summed E-state index contributed by atoms with van der Waals surface area (Å²) in [4.78, 5) is 0. The Bertz CT molecular complexity index is 335. The Labute approximate surface area is 124 Å². The Balaban J connectivity index is 2.21. The first kappa shape index (κ1) is 17.2. The Kier molecular flexibility index (Phi) is 9.33. The standard InChI is InChI=1S/C16H32N4/c1-3-5-6-7-8-9-10-11-16(19-17)15-13-18-20(14-15)12-4-2/h13-14,16,19H,3-12,17H2,1-2H3. The molecule has 1 aromatic rings. The highest BCUT2D eigenvalue weighted by Gasteiger charge is 2.11. The molecule has 1 unspecified atom stereocenters. The molecule has 0 fully saturated rings. The molecule has 3 N–H and O–H groups in total. The van der Waals surface area contributed by atoms with Crippen molar-refractivity contribution in [3.05, 3.63) is 18.0 Å². The molecular weight excluding hydrogens is 248 g/mol. The van der Waals surface area contributed by atoms with Gasteiger partial charge in [0, 0.05) is 24.3 Å². The second kappa shape index (κ2) is 10.9. The molecule has 0 spiro atoms. The van der Waals surface area contributed by atoms with Crippen molar-refractivity contribution in [1.82, 2.24) is 15.2 Å². The highest BCUT2D eigenvalue weighted by atomic mass is 15.3. The van der Waals surface area contributed by atoms with Gasteiger partial charge < -0.3 is 0 Å². The molecule has 20 heavy (non-hydrogen) atoms. The lowest BCUT2D eigenvalue weighted by atomic mass is 10.0. The second-order valence-electron chi connectivity index (χ2n) is 5.67. The van der Waals surface area contributed by atoms with Gasteiger partial charge in [0.1, 0.15) is 0 Å². The number of rotatable bonds is 12. The zero-order chi connectivity index (χ0) is 14.6. The Morgan fingerprint density at radius 3 is 2.45 bits per heavy atom. The van der Waals surface area contributed by atoms with Crippen LogP contribution in [0.4, 0.5) is 0 Å². The first-order valence-corrected chi connectivity index (χ1v) is 8.30. The molecule has 0 saturated carbocycles. The first-order valence-electron chi connectivity index (χ1n) is 8.30. The quantitative estimate of drug-likeness (QED) is 0.346. The molecular formula is C16H32N4. The van der Waals surface area contributed by atoms with E-state index in [4.69, 9.17) is 5.84 Å². The van der Waals surface area contributed by atoms with Crippen LogP contribution in [0, 0.1) is 0 Å². The monoisotopic (exact) mass is 280 g/mol. The maximum atomic E-state index is 5.68. The molecule has 1 atom stereocenters. The van der Waals surface area contributed by atoms with E-state index in [-0.39, 0.29) is 6.04 Å². The van der Waals surface area contributed by atoms with Gasteiger partial charge in [-0.3, -0.25) is 16.0 Å². The van der Waals surface area contributed by atoms with Crippen LogP contribution in [0.15, 0.2) is 12.4 Å². The van der Waals surface area contributed by atoms with Crippen molar-refractivity contribution in [2.24, 2.45) is 5.84 Å². The molecule has 0 aromatic carbocycles. The zero-order valence-electron chi connectivity index (χ0n) is 13.3. The summed E-state index contributed by atoms with van der Waals surface area (Å²) in [6.07, 6.45) is 15.6. The van der Waals surface area contributed by atoms with Crippen LogP contribution >= 0.6 is 0 Å². The van der Waals surface area contributed by atoms with Gasteiger partial charge in [-0.15, -0.1) is 0 Å². The van der Waals surface area contributed by atoms with Gasteiger partial charge in [0.2, 0.25) is 0 Å². The zero-order valence-corrected chi connectivity index (χ0v) is 13.3. The van der Waals surface area contributed by atoms with Gasteiger partial charge in [-0.05, 0) is 12.8 Å². The van der Waals surface area contributed by atoms with Crippen molar-refractivity contribution in [3.63, 3.8) is 0 Å². The fraction of sp³-hybridized carbons (Fsp3) is 0.812. The summed E-state index contributed by atoms with van der Waals surface area (Å²) in [6.45, 7) is 5.41. The number of aryl methyl sites for hydroxylation is 1. The van der Waals surface area contributed by atoms with E-state index in [2.05, 4.69) is 30.6 Å². The van der Waals surface area contributed by atoms with Crippen molar-refractivity contribution >= 4 is 0 Å². The number of hydrogen-bond acceptors (Lipinski definition) is 3. The Hall–Kier alpha value is -0.870. The molecule has 0 radical (unpaired) electrons. The van der Waals surface area contributed by atoms with Crippen LogP contribution in [0.25, 0.3) is 0 Å². The normalized spacial score (nSPS) is 12.8. The number of nitrogens with one attached hydrogen (secondary N) is 1. The highest BCUT2D eigenvalue weighted by molar-refractivity contribution is 5.09. The van der Waals surface area contributed by atoms with E-state index in [0.717, 1.165) is 19.4 Å². The number of aromatic nitrogens is 2. The first-order chi connectivity index (χ1) is 9.81. The van der Waals surface area contributed by atoms with E-state index in [1.165, 1.54) is 50.5 Å². The molecule has 1 rings (SSSR count). The number of nitrogens with two attached hydrogens (primary N) is 1. The van der Waals surface area contributed by atoms with E-state index >= 15 is 0 Å². The summed E-state index contributed by atoms with van der Waals surface area (Å²) in [5, 5.41) is 4.37. The van der Waals surface area contributed by atoms with Crippen LogP contribution < -0.4 is 11.3 Å². The van der Waals surface area contributed by atoms with E-state index < -0.39 is 0 Å². The third-order valence-electron chi connectivity index (χ3n) is 3.81. The number of hydrazine groups is 1. The van der Waals surface area contributed by atoms with Gasteiger partial charge in [-0.2, -0.15) is 5.10 Å². The van der Waals surface area contributed by atoms with Gasteiger partial charge in [0.15, 0.2) is 0 Å². The summed E-state index contributed by atoms with van der Waals surface area (Å²) in [6, 6.07) is 0.247. The van der Waals surface area contributed by atoms with Crippen LogP contribution in [0.5, 0.6) is 0 Å². The van der Waals surface area contributed by atoms with E-state index in [0.29, 0.717) is 0 Å². The van der Waals surface area contributed by atoms with E-state index in [1.54, 1.807) is 0 Å². The molecule has 0 aliphatic carbocycles. The Morgan fingerprint density at radius 1 is 1.10 bits per heavy atom. The molecule has 1 heterocycles. The lowest BCUT2D eigenvalue weighted by Gasteiger charge is -2.13. The fourth-order valence-electron chi connectivity index (χ4n) is 2.56. The molecule has 1 aromatic heterocycles. The average molecular weight is 280 g/mol. The molecule has 0 aliphatic heterocycles. The summed E-state index contributed by atoms with van der Waals surface area (Å²) in [7, 11) is 0. The van der Waals surface area contributed by atoms with Crippen LogP contribution in [0.1, 0.15) is 83.2 Å². The lowest BCUT2D eigenvalue weighted by Crippen LogP contribution is -2.27. The fourth-order valence-corrected chi connectivity index (χ4v) is 2.56. The Morgan fingerprint density at radius 2 is 1.80 bits per heavy atom. The van der Waals surface area contributed by atoms with Crippen LogP contribution in [-0.2, 0) is 6.54 Å². The SMILES string of the molecule is CCCCCCCCCC(NN)c1cnn(CCC)c1. The molecule has 0 amide bonds. The van der Waals surface area contributed by atoms with Crippen LogP contribution in [0.2, 0.25) is 0 Å². The van der Waals surface area contributed by atoms with Gasteiger partial charge in [-0.25, -0.2) is 0 Å². The maximum absolute atomic E-state index is 5.68. The largest absolute Gasteiger partial charge is 0.272 e. The summed E-state index contributed by atoms with van der Waals surface area (Å²) in [5.74, 6) is 5.68. The number of unbranched alkanes of at least 4 members (excludes halogenated alkanes) is 6. The molecule has 116 valence electrons. The van der Waals surface area contributed by atoms with Crippen LogP contribution in [-0.4, -0.2) is 9.78 Å². The third kappa shape index (κ3) is 6.53. The average Bonchev–Trinajstić information content (AvgIpc) is 2.91. The minimum absolute atomic E-state index is 0.247. The second-order valence-corrected chi connectivity index (χ2v) is 5.67. The highest BCUT2D eigenvalue weighted by Crippen LogP contribution is 2.19. The van der Waals surface area contributed by atoms with E-state index in [9.17, 15) is 0 Å². The van der Waals surface area contributed by atoms with Crippen molar-refractivity contribution in [1.29, 1.82) is 0 Å². The lowest BCUT2D eigenvalue weighted by molar-refractivity contribution is 0.475. The number of hydrogen-bond donors (Lipinski definition) is 2. The summed E-state index contributed by atoms with van der Waals surface area (Å²) < 4.78 is 2.00. The minimum atomic E-state index is 0.247. The van der Waals surface area contributed by atoms with Crippen LogP contribution in [0.3, 0.4) is 0 Å².